The number of fused-ring (bicyclic) bond motifs is 1. The number of benzene rings is 1. The number of hydrogen-bond acceptors (Lipinski definition) is 4. The average Bonchev–Trinajstić information content (AvgIpc) is 3.22. The summed E-state index contributed by atoms with van der Waals surface area (Å²) < 4.78 is 7.11. The molecule has 1 fully saturated rings. The Balaban J connectivity index is 1.52. The number of amides is 2. The van der Waals surface area contributed by atoms with Gasteiger partial charge in [0.15, 0.2) is 0 Å². The van der Waals surface area contributed by atoms with Gasteiger partial charge >= 0.3 is 6.09 Å². The molecule has 0 spiro atoms. The van der Waals surface area contributed by atoms with Gasteiger partial charge in [-0.2, -0.15) is 0 Å². The van der Waals surface area contributed by atoms with Crippen LogP contribution >= 0.6 is 0 Å². The Hall–Kier alpha value is -3.35. The van der Waals surface area contributed by atoms with E-state index in [1.54, 1.807) is 11.8 Å². The molecule has 0 radical (unpaired) electrons. The molecule has 3 heterocycles. The second-order valence-electron chi connectivity index (χ2n) is 7.35. The van der Waals surface area contributed by atoms with Gasteiger partial charge in [0, 0.05) is 50.9 Å². The summed E-state index contributed by atoms with van der Waals surface area (Å²) >= 11 is 0. The van der Waals surface area contributed by atoms with Crippen LogP contribution in [0, 0.1) is 0 Å². The largest absolute Gasteiger partial charge is 0.450 e. The number of aromatic nitrogens is 2. The molecule has 2 amide bonds. The molecule has 1 unspecified atom stereocenters. The molecule has 7 heteroatoms. The van der Waals surface area contributed by atoms with Crippen molar-refractivity contribution < 1.29 is 14.3 Å². The van der Waals surface area contributed by atoms with Crippen LogP contribution in [0.1, 0.15) is 30.5 Å². The van der Waals surface area contributed by atoms with Gasteiger partial charge in [-0.1, -0.05) is 36.4 Å². The second-order valence-corrected chi connectivity index (χ2v) is 7.35. The van der Waals surface area contributed by atoms with E-state index in [1.165, 1.54) is 0 Å². The maximum Gasteiger partial charge on any atom is 0.409 e. The lowest BCUT2D eigenvalue weighted by atomic mass is 9.92. The molecule has 30 heavy (non-hydrogen) atoms. The highest BCUT2D eigenvalue weighted by atomic mass is 16.6. The molecule has 4 rings (SSSR count). The zero-order valence-corrected chi connectivity index (χ0v) is 17.1. The lowest BCUT2D eigenvalue weighted by molar-refractivity contribution is -0.133. The van der Waals surface area contributed by atoms with E-state index in [1.807, 2.05) is 58.1 Å². The minimum absolute atomic E-state index is 0.0817. The van der Waals surface area contributed by atoms with Gasteiger partial charge in [-0.3, -0.25) is 4.79 Å². The van der Waals surface area contributed by atoms with Gasteiger partial charge in [0.25, 0.3) is 0 Å². The SMILES string of the molecule is CCOC(=O)N1CCN(C(=O)CC(c2ccccc2)c2cnc3ccccn23)CC1. The topological polar surface area (TPSA) is 67.2 Å². The molecule has 0 aliphatic carbocycles. The first kappa shape index (κ1) is 19.9. The fourth-order valence-corrected chi connectivity index (χ4v) is 3.95. The lowest BCUT2D eigenvalue weighted by Crippen LogP contribution is -2.51. The number of hydrogen-bond donors (Lipinski definition) is 0. The lowest BCUT2D eigenvalue weighted by Gasteiger charge is -2.34. The van der Waals surface area contributed by atoms with E-state index >= 15 is 0 Å². The summed E-state index contributed by atoms with van der Waals surface area (Å²) in [6.07, 6.45) is 3.89. The van der Waals surface area contributed by atoms with Crippen LogP contribution in [0.15, 0.2) is 60.9 Å². The summed E-state index contributed by atoms with van der Waals surface area (Å²) in [6, 6.07) is 16.0. The molecule has 1 aliphatic rings. The van der Waals surface area contributed by atoms with E-state index in [9.17, 15) is 9.59 Å². The maximum atomic E-state index is 13.2. The Morgan fingerprint density at radius 1 is 1.00 bits per heavy atom. The third-order valence-corrected chi connectivity index (χ3v) is 5.54. The van der Waals surface area contributed by atoms with Crippen molar-refractivity contribution in [1.82, 2.24) is 19.2 Å². The molecule has 156 valence electrons. The van der Waals surface area contributed by atoms with E-state index < -0.39 is 0 Å². The molecule has 1 saturated heterocycles. The molecule has 1 aliphatic heterocycles. The number of nitrogens with zero attached hydrogens (tertiary/aromatic N) is 4. The Bertz CT molecular complexity index is 1010. The highest BCUT2D eigenvalue weighted by molar-refractivity contribution is 5.78. The van der Waals surface area contributed by atoms with Crippen LogP contribution in [0.5, 0.6) is 0 Å². The van der Waals surface area contributed by atoms with E-state index in [-0.39, 0.29) is 17.9 Å². The third kappa shape index (κ3) is 4.15. The summed E-state index contributed by atoms with van der Waals surface area (Å²) in [5.74, 6) is -0.0163. The number of imidazole rings is 1. The number of ether oxygens (including phenoxy) is 1. The van der Waals surface area contributed by atoms with E-state index in [0.717, 1.165) is 16.9 Å². The summed E-state index contributed by atoms with van der Waals surface area (Å²) in [6.45, 7) is 4.18. The van der Waals surface area contributed by atoms with E-state index in [4.69, 9.17) is 4.74 Å². The quantitative estimate of drug-likeness (QED) is 0.653. The first-order chi connectivity index (χ1) is 14.7. The predicted octanol–water partition coefficient (Wildman–Crippen LogP) is 3.16. The van der Waals surface area contributed by atoms with Gasteiger partial charge in [0.2, 0.25) is 5.91 Å². The zero-order chi connectivity index (χ0) is 20.9. The Kier molecular flexibility index (Phi) is 5.97. The number of carbonyl (C=O) groups excluding carboxylic acids is 2. The molecular formula is C23H26N4O3. The highest BCUT2D eigenvalue weighted by Gasteiger charge is 2.28. The van der Waals surface area contributed by atoms with Crippen LogP contribution in [-0.4, -0.2) is 64.0 Å². The average molecular weight is 406 g/mol. The predicted molar refractivity (Wildman–Crippen MR) is 113 cm³/mol. The van der Waals surface area contributed by atoms with E-state index in [2.05, 4.69) is 17.1 Å². The summed E-state index contributed by atoms with van der Waals surface area (Å²) in [5.41, 5.74) is 2.95. The Morgan fingerprint density at radius 2 is 1.70 bits per heavy atom. The zero-order valence-electron chi connectivity index (χ0n) is 17.1. The molecule has 1 atom stereocenters. The number of piperazine rings is 1. The minimum atomic E-state index is -0.308. The van der Waals surface area contributed by atoms with Crippen LogP contribution in [0.25, 0.3) is 5.65 Å². The van der Waals surface area contributed by atoms with Crippen molar-refractivity contribution in [2.45, 2.75) is 19.3 Å². The number of carbonyl (C=O) groups is 2. The fraction of sp³-hybridized carbons (Fsp3) is 0.348. The fourth-order valence-electron chi connectivity index (χ4n) is 3.95. The normalized spacial score (nSPS) is 15.2. The monoisotopic (exact) mass is 406 g/mol. The van der Waals surface area contributed by atoms with Crippen molar-refractivity contribution in [3.05, 3.63) is 72.2 Å². The van der Waals surface area contributed by atoms with Crippen molar-refractivity contribution >= 4 is 17.6 Å². The standard InChI is InChI=1S/C23H26N4O3/c1-2-30-23(29)26-14-12-25(13-15-26)22(28)16-19(18-8-4-3-5-9-18)20-17-24-21-10-6-7-11-27(20)21/h3-11,17,19H,2,12-16H2,1H3. The first-order valence-electron chi connectivity index (χ1n) is 10.3. The molecule has 0 saturated carbocycles. The smallest absolute Gasteiger partial charge is 0.409 e. The van der Waals surface area contributed by atoms with Gasteiger partial charge in [-0.05, 0) is 24.6 Å². The number of rotatable bonds is 5. The summed E-state index contributed by atoms with van der Waals surface area (Å²) in [7, 11) is 0. The molecule has 0 N–H and O–H groups in total. The molecule has 7 nitrogen and oxygen atoms in total. The maximum absolute atomic E-state index is 13.2. The van der Waals surface area contributed by atoms with Gasteiger partial charge in [0.05, 0.1) is 12.3 Å². The number of pyridine rings is 1. The summed E-state index contributed by atoms with van der Waals surface area (Å²) in [5, 5.41) is 0. The van der Waals surface area contributed by atoms with Crippen molar-refractivity contribution in [2.24, 2.45) is 0 Å². The van der Waals surface area contributed by atoms with Crippen LogP contribution in [-0.2, 0) is 9.53 Å². The highest BCUT2D eigenvalue weighted by Crippen LogP contribution is 2.29. The first-order valence-corrected chi connectivity index (χ1v) is 10.3. The van der Waals surface area contributed by atoms with Gasteiger partial charge in [-0.15, -0.1) is 0 Å². The van der Waals surface area contributed by atoms with Crippen LogP contribution in [0.3, 0.4) is 0 Å². The minimum Gasteiger partial charge on any atom is -0.450 e. The van der Waals surface area contributed by atoms with Gasteiger partial charge in [0.1, 0.15) is 5.65 Å². The Labute approximate surface area is 175 Å². The van der Waals surface area contributed by atoms with Crippen LogP contribution in [0.4, 0.5) is 4.79 Å². The summed E-state index contributed by atoms with van der Waals surface area (Å²) in [4.78, 5) is 33.1. The molecule has 2 aromatic heterocycles. The van der Waals surface area contributed by atoms with Crippen LogP contribution in [0.2, 0.25) is 0 Å². The molecule has 3 aromatic rings. The van der Waals surface area contributed by atoms with Crippen LogP contribution < -0.4 is 0 Å². The van der Waals surface area contributed by atoms with Crippen molar-refractivity contribution in [3.8, 4) is 0 Å². The van der Waals surface area contributed by atoms with Crippen molar-refractivity contribution in [3.63, 3.8) is 0 Å². The van der Waals surface area contributed by atoms with Crippen molar-refractivity contribution in [2.75, 3.05) is 32.8 Å². The van der Waals surface area contributed by atoms with Gasteiger partial charge < -0.3 is 18.9 Å². The molecular weight excluding hydrogens is 380 g/mol. The molecule has 1 aromatic carbocycles. The van der Waals surface area contributed by atoms with Crippen molar-refractivity contribution in [1.29, 1.82) is 0 Å². The van der Waals surface area contributed by atoms with E-state index in [0.29, 0.717) is 39.2 Å². The second kappa shape index (κ2) is 8.98. The third-order valence-electron chi connectivity index (χ3n) is 5.54. The van der Waals surface area contributed by atoms with Gasteiger partial charge in [-0.25, -0.2) is 9.78 Å². The molecule has 0 bridgehead atoms. The Morgan fingerprint density at radius 3 is 2.43 bits per heavy atom.